The number of carbonyl (C=O) groups excluding carboxylic acids is 3. The van der Waals surface area contributed by atoms with E-state index in [2.05, 4.69) is 24.3 Å². The van der Waals surface area contributed by atoms with Crippen LogP contribution in [0.1, 0.15) is 43.3 Å². The third-order valence-corrected chi connectivity index (χ3v) is 5.92. The highest BCUT2D eigenvalue weighted by molar-refractivity contribution is 5.98. The SMILES string of the molecule is COC(=O)c1cc(C=O)cc(N(C)C(=O)OCC2c3ccccc3-c3ccccc32)c1C. The highest BCUT2D eigenvalue weighted by atomic mass is 16.6. The van der Waals surface area contributed by atoms with Gasteiger partial charge >= 0.3 is 12.1 Å². The van der Waals surface area contributed by atoms with Crippen LogP contribution in [0.15, 0.2) is 60.7 Å². The molecule has 6 heteroatoms. The Kier molecular flexibility index (Phi) is 5.77. The summed E-state index contributed by atoms with van der Waals surface area (Å²) >= 11 is 0. The zero-order valence-electron chi connectivity index (χ0n) is 18.1. The third-order valence-electron chi connectivity index (χ3n) is 5.92. The summed E-state index contributed by atoms with van der Waals surface area (Å²) in [6.45, 7) is 1.87. The van der Waals surface area contributed by atoms with Crippen molar-refractivity contribution in [3.05, 3.63) is 88.5 Å². The highest BCUT2D eigenvalue weighted by Crippen LogP contribution is 2.44. The first-order valence-electron chi connectivity index (χ1n) is 10.2. The third kappa shape index (κ3) is 3.64. The average Bonchev–Trinajstić information content (AvgIpc) is 3.15. The number of methoxy groups -OCH3 is 1. The molecule has 1 amide bonds. The van der Waals surface area contributed by atoms with E-state index in [0.717, 1.165) is 22.3 Å². The Morgan fingerprint density at radius 1 is 1.00 bits per heavy atom. The Morgan fingerprint density at radius 3 is 2.16 bits per heavy atom. The van der Waals surface area contributed by atoms with E-state index in [1.54, 1.807) is 20.0 Å². The van der Waals surface area contributed by atoms with E-state index in [-0.39, 0.29) is 23.7 Å². The molecule has 0 aromatic heterocycles. The van der Waals surface area contributed by atoms with Crippen LogP contribution in [0.3, 0.4) is 0 Å². The molecule has 0 spiro atoms. The maximum absolute atomic E-state index is 12.9. The first-order valence-corrected chi connectivity index (χ1v) is 10.2. The molecule has 4 rings (SSSR count). The van der Waals surface area contributed by atoms with Gasteiger partial charge in [0.2, 0.25) is 0 Å². The lowest BCUT2D eigenvalue weighted by Gasteiger charge is -2.22. The number of fused-ring (bicyclic) bond motifs is 3. The lowest BCUT2D eigenvalue weighted by Crippen LogP contribution is -2.29. The van der Waals surface area contributed by atoms with Crippen molar-refractivity contribution in [1.29, 1.82) is 0 Å². The molecule has 0 aliphatic heterocycles. The number of ether oxygens (including phenoxy) is 2. The van der Waals surface area contributed by atoms with Gasteiger partial charge in [0.15, 0.2) is 0 Å². The van der Waals surface area contributed by atoms with E-state index in [0.29, 0.717) is 17.5 Å². The van der Waals surface area contributed by atoms with Crippen LogP contribution in [0.4, 0.5) is 10.5 Å². The second-order valence-corrected chi connectivity index (χ2v) is 7.69. The number of rotatable bonds is 5. The Morgan fingerprint density at radius 2 is 1.59 bits per heavy atom. The summed E-state index contributed by atoms with van der Waals surface area (Å²) in [6, 6.07) is 19.2. The van der Waals surface area contributed by atoms with E-state index in [1.165, 1.54) is 18.1 Å². The van der Waals surface area contributed by atoms with Crippen molar-refractivity contribution in [2.24, 2.45) is 0 Å². The van der Waals surface area contributed by atoms with Crippen LogP contribution in [0.5, 0.6) is 0 Å². The van der Waals surface area contributed by atoms with Gasteiger partial charge in [0, 0.05) is 18.5 Å². The van der Waals surface area contributed by atoms with Crippen molar-refractivity contribution in [1.82, 2.24) is 0 Å². The predicted octanol–water partition coefficient (Wildman–Crippen LogP) is 4.98. The van der Waals surface area contributed by atoms with Crippen molar-refractivity contribution >= 4 is 24.0 Å². The van der Waals surface area contributed by atoms with Crippen LogP contribution >= 0.6 is 0 Å². The van der Waals surface area contributed by atoms with E-state index >= 15 is 0 Å². The topological polar surface area (TPSA) is 72.9 Å². The van der Waals surface area contributed by atoms with Gasteiger partial charge in [0.1, 0.15) is 12.9 Å². The summed E-state index contributed by atoms with van der Waals surface area (Å²) in [4.78, 5) is 37.7. The van der Waals surface area contributed by atoms with Gasteiger partial charge in [-0.3, -0.25) is 9.69 Å². The molecule has 32 heavy (non-hydrogen) atoms. The van der Waals surface area contributed by atoms with Crippen molar-refractivity contribution in [3.8, 4) is 11.1 Å². The number of hydrogen-bond acceptors (Lipinski definition) is 5. The van der Waals surface area contributed by atoms with Gasteiger partial charge in [-0.25, -0.2) is 9.59 Å². The smallest absolute Gasteiger partial charge is 0.414 e. The fourth-order valence-electron chi connectivity index (χ4n) is 4.25. The number of aldehydes is 1. The molecule has 0 atom stereocenters. The standard InChI is InChI=1S/C26H23NO5/c1-16-22(25(29)31-3)12-17(14-28)13-24(16)27(2)26(30)32-15-23-20-10-6-4-8-18(20)19-9-5-7-11-21(19)23/h4-14,23H,15H2,1-3H3. The van der Waals surface area contributed by atoms with Crippen molar-refractivity contribution < 1.29 is 23.9 Å². The number of anilines is 1. The Labute approximate surface area is 186 Å². The van der Waals surface area contributed by atoms with Gasteiger partial charge in [-0.2, -0.15) is 0 Å². The van der Waals surface area contributed by atoms with E-state index < -0.39 is 12.1 Å². The molecule has 0 bridgehead atoms. The molecule has 0 N–H and O–H groups in total. The minimum absolute atomic E-state index is 0.0622. The maximum Gasteiger partial charge on any atom is 0.414 e. The molecule has 3 aromatic carbocycles. The molecule has 6 nitrogen and oxygen atoms in total. The highest BCUT2D eigenvalue weighted by Gasteiger charge is 2.30. The quantitative estimate of drug-likeness (QED) is 0.423. The lowest BCUT2D eigenvalue weighted by atomic mass is 9.98. The molecule has 1 aliphatic carbocycles. The fraction of sp³-hybridized carbons (Fsp3) is 0.192. The van der Waals surface area contributed by atoms with Crippen LogP contribution in [-0.4, -0.2) is 39.1 Å². The maximum atomic E-state index is 12.9. The van der Waals surface area contributed by atoms with Crippen molar-refractivity contribution in [2.45, 2.75) is 12.8 Å². The monoisotopic (exact) mass is 429 g/mol. The van der Waals surface area contributed by atoms with E-state index in [9.17, 15) is 14.4 Å². The first kappa shape index (κ1) is 21.3. The van der Waals surface area contributed by atoms with Gasteiger partial charge in [-0.05, 0) is 46.9 Å². The molecule has 0 radical (unpaired) electrons. The molecule has 1 aliphatic rings. The predicted molar refractivity (Wildman–Crippen MR) is 121 cm³/mol. The normalized spacial score (nSPS) is 12.0. The summed E-state index contributed by atoms with van der Waals surface area (Å²) in [5.74, 6) is -0.638. The second-order valence-electron chi connectivity index (χ2n) is 7.69. The number of carbonyl (C=O) groups is 3. The van der Waals surface area contributed by atoms with Gasteiger partial charge < -0.3 is 9.47 Å². The van der Waals surface area contributed by atoms with Crippen molar-refractivity contribution in [2.75, 3.05) is 25.7 Å². The second kappa shape index (κ2) is 8.67. The molecular formula is C26H23NO5. The summed E-state index contributed by atoms with van der Waals surface area (Å²) in [5.41, 5.74) is 5.97. The Hall–Kier alpha value is -3.93. The minimum atomic E-state index is -0.576. The number of benzene rings is 3. The number of amides is 1. The van der Waals surface area contributed by atoms with Crippen LogP contribution in [0.25, 0.3) is 11.1 Å². The summed E-state index contributed by atoms with van der Waals surface area (Å²) in [6.07, 6.45) is 0.0508. The van der Waals surface area contributed by atoms with Gasteiger partial charge in [-0.15, -0.1) is 0 Å². The zero-order chi connectivity index (χ0) is 22.8. The van der Waals surface area contributed by atoms with Gasteiger partial charge in [-0.1, -0.05) is 48.5 Å². The molecule has 162 valence electrons. The Balaban J connectivity index is 1.58. The molecule has 0 unspecified atom stereocenters. The molecule has 0 heterocycles. The van der Waals surface area contributed by atoms with E-state index in [4.69, 9.17) is 9.47 Å². The lowest BCUT2D eigenvalue weighted by molar-refractivity contribution is 0.0599. The largest absolute Gasteiger partial charge is 0.465 e. The molecule has 0 fully saturated rings. The number of hydrogen-bond donors (Lipinski definition) is 0. The van der Waals surface area contributed by atoms with Crippen LogP contribution in [0, 0.1) is 6.92 Å². The number of esters is 1. The molecule has 3 aromatic rings. The van der Waals surface area contributed by atoms with E-state index in [1.807, 2.05) is 24.3 Å². The van der Waals surface area contributed by atoms with Crippen LogP contribution in [-0.2, 0) is 9.47 Å². The molecular weight excluding hydrogens is 406 g/mol. The summed E-state index contributed by atoms with van der Waals surface area (Å²) < 4.78 is 10.5. The average molecular weight is 429 g/mol. The number of nitrogens with zero attached hydrogens (tertiary/aromatic N) is 1. The summed E-state index contributed by atoms with van der Waals surface area (Å²) in [5, 5.41) is 0. The molecule has 0 saturated heterocycles. The zero-order valence-corrected chi connectivity index (χ0v) is 18.1. The summed E-state index contributed by atoms with van der Waals surface area (Å²) in [7, 11) is 2.82. The van der Waals surface area contributed by atoms with Gasteiger partial charge in [0.05, 0.1) is 18.4 Å². The minimum Gasteiger partial charge on any atom is -0.465 e. The fourth-order valence-corrected chi connectivity index (χ4v) is 4.25. The van der Waals surface area contributed by atoms with Gasteiger partial charge in [0.25, 0.3) is 0 Å². The van der Waals surface area contributed by atoms with Crippen LogP contribution in [0.2, 0.25) is 0 Å². The first-order chi connectivity index (χ1) is 15.5. The molecule has 0 saturated carbocycles. The van der Waals surface area contributed by atoms with Crippen LogP contribution < -0.4 is 4.90 Å². The van der Waals surface area contributed by atoms with Crippen molar-refractivity contribution in [3.63, 3.8) is 0 Å². The Bertz CT molecular complexity index is 1170.